The maximum absolute atomic E-state index is 11.8. The maximum atomic E-state index is 11.8. The van der Waals surface area contributed by atoms with Crippen LogP contribution in [0.25, 0.3) is 0 Å². The van der Waals surface area contributed by atoms with Crippen molar-refractivity contribution in [3.63, 3.8) is 0 Å². The third kappa shape index (κ3) is 33.4. The van der Waals surface area contributed by atoms with Gasteiger partial charge < -0.3 is 14.2 Å². The monoisotopic (exact) mass is 526 g/mol. The molecule has 0 amide bonds. The summed E-state index contributed by atoms with van der Waals surface area (Å²) in [4.78, 5) is 11.8. The predicted molar refractivity (Wildman–Crippen MR) is 159 cm³/mol. The van der Waals surface area contributed by atoms with Crippen molar-refractivity contribution < 1.29 is 19.0 Å². The van der Waals surface area contributed by atoms with Gasteiger partial charge in [0, 0.05) is 19.6 Å². The molecule has 0 saturated carbocycles. The largest absolute Gasteiger partial charge is 0.466 e. The minimum atomic E-state index is -0.0836. The minimum absolute atomic E-state index is 0.0836. The third-order valence-electron chi connectivity index (χ3n) is 7.19. The quantitative estimate of drug-likeness (QED) is 0.0646. The molecule has 0 aliphatic heterocycles. The van der Waals surface area contributed by atoms with E-state index in [4.69, 9.17) is 14.2 Å². The van der Waals surface area contributed by atoms with Gasteiger partial charge in [-0.2, -0.15) is 0 Å². The van der Waals surface area contributed by atoms with Crippen molar-refractivity contribution in [2.45, 2.75) is 174 Å². The van der Waals surface area contributed by atoms with Crippen LogP contribution in [-0.2, 0) is 19.0 Å². The second-order valence-electron chi connectivity index (χ2n) is 11.0. The molecular formula is C33H66O4. The smallest absolute Gasteiger partial charge is 0.305 e. The van der Waals surface area contributed by atoms with E-state index in [0.717, 1.165) is 25.9 Å². The summed E-state index contributed by atoms with van der Waals surface area (Å²) >= 11 is 0. The molecule has 4 nitrogen and oxygen atoms in total. The Morgan fingerprint density at radius 2 is 0.703 bits per heavy atom. The molecule has 0 aliphatic carbocycles. The van der Waals surface area contributed by atoms with Crippen molar-refractivity contribution in [3.05, 3.63) is 0 Å². The molecule has 4 heteroatoms. The zero-order valence-electron chi connectivity index (χ0n) is 25.3. The van der Waals surface area contributed by atoms with E-state index in [-0.39, 0.29) is 5.97 Å². The Morgan fingerprint density at radius 3 is 1.11 bits per heavy atom. The molecule has 0 atom stereocenters. The highest BCUT2D eigenvalue weighted by molar-refractivity contribution is 5.69. The molecular weight excluding hydrogens is 460 g/mol. The molecule has 0 fully saturated rings. The van der Waals surface area contributed by atoms with Gasteiger partial charge in [0.05, 0.1) is 19.8 Å². The number of ether oxygens (including phenoxy) is 3. The first kappa shape index (κ1) is 36.4. The van der Waals surface area contributed by atoms with Crippen molar-refractivity contribution in [3.8, 4) is 0 Å². The van der Waals surface area contributed by atoms with Crippen molar-refractivity contribution in [2.75, 3.05) is 33.0 Å². The van der Waals surface area contributed by atoms with Crippen LogP contribution >= 0.6 is 0 Å². The van der Waals surface area contributed by atoms with Gasteiger partial charge in [-0.05, 0) is 19.3 Å². The number of esters is 1. The third-order valence-corrected chi connectivity index (χ3v) is 7.19. The Hall–Kier alpha value is -0.610. The van der Waals surface area contributed by atoms with E-state index in [1.54, 1.807) is 0 Å². The summed E-state index contributed by atoms with van der Waals surface area (Å²) in [6.45, 7) is 7.82. The van der Waals surface area contributed by atoms with E-state index >= 15 is 0 Å². The number of rotatable bonds is 32. The van der Waals surface area contributed by atoms with Crippen LogP contribution in [0.2, 0.25) is 0 Å². The van der Waals surface area contributed by atoms with E-state index < -0.39 is 0 Å². The average Bonchev–Trinajstić information content (AvgIpc) is 2.90. The zero-order chi connectivity index (χ0) is 26.9. The summed E-state index contributed by atoms with van der Waals surface area (Å²) in [5.74, 6) is -0.0836. The molecule has 0 aromatic rings. The Labute approximate surface area is 232 Å². The Morgan fingerprint density at radius 1 is 0.378 bits per heavy atom. The highest BCUT2D eigenvalue weighted by Gasteiger charge is 2.03. The second-order valence-corrected chi connectivity index (χ2v) is 11.0. The van der Waals surface area contributed by atoms with E-state index in [1.807, 2.05) is 0 Å². The summed E-state index contributed by atoms with van der Waals surface area (Å²) in [5.41, 5.74) is 0. The van der Waals surface area contributed by atoms with Gasteiger partial charge >= 0.3 is 5.97 Å². The normalized spacial score (nSPS) is 11.3. The SMILES string of the molecule is CCCCCCCCCCCCCCCCCCOC(=O)CCCOCCOCCCCCCCCC. The van der Waals surface area contributed by atoms with Crippen LogP contribution in [-0.4, -0.2) is 39.0 Å². The first-order valence-corrected chi connectivity index (χ1v) is 16.6. The predicted octanol–water partition coefficient (Wildman–Crippen LogP) is 10.4. The van der Waals surface area contributed by atoms with Crippen LogP contribution in [0.4, 0.5) is 0 Å². The van der Waals surface area contributed by atoms with Gasteiger partial charge in [-0.15, -0.1) is 0 Å². The molecule has 0 heterocycles. The van der Waals surface area contributed by atoms with Crippen LogP contribution in [0.1, 0.15) is 174 Å². The lowest BCUT2D eigenvalue weighted by Crippen LogP contribution is -2.09. The highest BCUT2D eigenvalue weighted by Crippen LogP contribution is 2.14. The summed E-state index contributed by atoms with van der Waals surface area (Å²) in [5, 5.41) is 0. The van der Waals surface area contributed by atoms with E-state index in [2.05, 4.69) is 13.8 Å². The summed E-state index contributed by atoms with van der Waals surface area (Å²) in [6, 6.07) is 0. The second kappa shape index (κ2) is 33.4. The number of unbranched alkanes of at least 4 members (excludes halogenated alkanes) is 21. The molecule has 0 bridgehead atoms. The molecule has 0 radical (unpaired) electrons. The topological polar surface area (TPSA) is 44.8 Å². The molecule has 0 spiro atoms. The maximum Gasteiger partial charge on any atom is 0.305 e. The molecule has 0 aromatic carbocycles. The molecule has 0 saturated heterocycles. The zero-order valence-corrected chi connectivity index (χ0v) is 25.3. The molecule has 0 aliphatic rings. The van der Waals surface area contributed by atoms with Gasteiger partial charge in [-0.25, -0.2) is 0 Å². The lowest BCUT2D eigenvalue weighted by atomic mass is 10.0. The van der Waals surface area contributed by atoms with Crippen molar-refractivity contribution in [1.82, 2.24) is 0 Å². The fourth-order valence-electron chi connectivity index (χ4n) is 4.71. The Balaban J connectivity index is 3.14. The average molecular weight is 527 g/mol. The van der Waals surface area contributed by atoms with Crippen molar-refractivity contribution >= 4 is 5.97 Å². The van der Waals surface area contributed by atoms with Gasteiger partial charge in [0.25, 0.3) is 0 Å². The minimum Gasteiger partial charge on any atom is -0.466 e. The van der Waals surface area contributed by atoms with Crippen molar-refractivity contribution in [2.24, 2.45) is 0 Å². The number of carbonyl (C=O) groups is 1. The van der Waals surface area contributed by atoms with Gasteiger partial charge in [0.15, 0.2) is 0 Å². The molecule has 0 aromatic heterocycles. The fraction of sp³-hybridized carbons (Fsp3) is 0.970. The highest BCUT2D eigenvalue weighted by atomic mass is 16.5. The molecule has 37 heavy (non-hydrogen) atoms. The van der Waals surface area contributed by atoms with Gasteiger partial charge in [0.2, 0.25) is 0 Å². The van der Waals surface area contributed by atoms with E-state index in [0.29, 0.717) is 32.8 Å². The number of hydrogen-bond acceptors (Lipinski definition) is 4. The van der Waals surface area contributed by atoms with Gasteiger partial charge in [-0.1, -0.05) is 149 Å². The van der Waals surface area contributed by atoms with E-state index in [1.165, 1.54) is 135 Å². The number of carbonyl (C=O) groups excluding carboxylic acids is 1. The fourth-order valence-corrected chi connectivity index (χ4v) is 4.71. The van der Waals surface area contributed by atoms with Crippen LogP contribution in [0.5, 0.6) is 0 Å². The number of hydrogen-bond donors (Lipinski definition) is 0. The molecule has 222 valence electrons. The van der Waals surface area contributed by atoms with Crippen molar-refractivity contribution in [1.29, 1.82) is 0 Å². The first-order chi connectivity index (χ1) is 18.3. The van der Waals surface area contributed by atoms with Gasteiger partial charge in [-0.3, -0.25) is 4.79 Å². The molecule has 0 N–H and O–H groups in total. The summed E-state index contributed by atoms with van der Waals surface area (Å²) < 4.78 is 16.5. The van der Waals surface area contributed by atoms with Crippen LogP contribution in [0.3, 0.4) is 0 Å². The van der Waals surface area contributed by atoms with Crippen LogP contribution in [0.15, 0.2) is 0 Å². The first-order valence-electron chi connectivity index (χ1n) is 16.6. The Kier molecular flexibility index (Phi) is 32.9. The molecule has 0 unspecified atom stereocenters. The van der Waals surface area contributed by atoms with E-state index in [9.17, 15) is 4.79 Å². The van der Waals surface area contributed by atoms with Gasteiger partial charge in [0.1, 0.15) is 0 Å². The lowest BCUT2D eigenvalue weighted by Gasteiger charge is -2.07. The lowest BCUT2D eigenvalue weighted by molar-refractivity contribution is -0.144. The van der Waals surface area contributed by atoms with Crippen LogP contribution in [0, 0.1) is 0 Å². The standard InChI is InChI=1S/C33H66O4/c1-3-5-7-9-11-12-13-14-15-16-17-18-19-21-23-25-30-37-33(34)27-26-29-36-32-31-35-28-24-22-20-10-8-6-4-2/h3-32H2,1-2H3. The summed E-state index contributed by atoms with van der Waals surface area (Å²) in [7, 11) is 0. The Bertz CT molecular complexity index is 427. The summed E-state index contributed by atoms with van der Waals surface area (Å²) in [6.07, 6.45) is 32.1. The van der Waals surface area contributed by atoms with Crippen LogP contribution < -0.4 is 0 Å². The molecule has 0 rings (SSSR count).